The van der Waals surface area contributed by atoms with Gasteiger partial charge in [0.25, 0.3) is 11.8 Å². The quantitative estimate of drug-likeness (QED) is 0.672. The average Bonchev–Trinajstić information content (AvgIpc) is 3.35. The molecule has 0 saturated carbocycles. The number of imide groups is 1. The number of nitrogens with zero attached hydrogens (tertiary/aromatic N) is 2. The van der Waals surface area contributed by atoms with E-state index in [-0.39, 0.29) is 24.3 Å². The minimum atomic E-state index is -1.03. The SMILES string of the molecule is COc1cccc(CN2C(=O)NC(C)(C3CCN(C(=O)c4occc4C)CC3)C2=O)c1OC. The fraction of sp³-hybridized carbons (Fsp3) is 0.458. The Kier molecular flexibility index (Phi) is 6.05. The maximum atomic E-state index is 13.4. The Bertz CT molecular complexity index is 1070. The van der Waals surface area contributed by atoms with E-state index in [1.54, 1.807) is 36.1 Å². The van der Waals surface area contributed by atoms with Crippen LogP contribution in [-0.4, -0.2) is 60.5 Å². The minimum Gasteiger partial charge on any atom is -0.493 e. The van der Waals surface area contributed by atoms with Crippen molar-refractivity contribution in [1.29, 1.82) is 0 Å². The largest absolute Gasteiger partial charge is 0.493 e. The lowest BCUT2D eigenvalue weighted by atomic mass is 9.79. The Morgan fingerprint density at radius 2 is 1.91 bits per heavy atom. The third-order valence-electron chi connectivity index (χ3n) is 6.77. The van der Waals surface area contributed by atoms with Gasteiger partial charge in [-0.2, -0.15) is 0 Å². The Labute approximate surface area is 192 Å². The number of likely N-dealkylation sites (tertiary alicyclic amines) is 1. The average molecular weight is 456 g/mol. The number of carbonyl (C=O) groups excluding carboxylic acids is 3. The van der Waals surface area contributed by atoms with Gasteiger partial charge in [0.15, 0.2) is 17.3 Å². The number of methoxy groups -OCH3 is 2. The molecular weight excluding hydrogens is 426 g/mol. The molecule has 2 fully saturated rings. The van der Waals surface area contributed by atoms with E-state index in [2.05, 4.69) is 5.32 Å². The van der Waals surface area contributed by atoms with Gasteiger partial charge in [0.05, 0.1) is 27.0 Å². The van der Waals surface area contributed by atoms with Gasteiger partial charge in [-0.1, -0.05) is 12.1 Å². The van der Waals surface area contributed by atoms with Crippen molar-refractivity contribution in [2.24, 2.45) is 5.92 Å². The van der Waals surface area contributed by atoms with Gasteiger partial charge in [-0.3, -0.25) is 14.5 Å². The number of ether oxygens (including phenoxy) is 2. The monoisotopic (exact) mass is 455 g/mol. The molecule has 1 aromatic carbocycles. The predicted octanol–water partition coefficient (Wildman–Crippen LogP) is 2.97. The third kappa shape index (κ3) is 3.92. The van der Waals surface area contributed by atoms with Gasteiger partial charge in [-0.25, -0.2) is 4.79 Å². The summed E-state index contributed by atoms with van der Waals surface area (Å²) in [5.74, 6) is 0.873. The third-order valence-corrected chi connectivity index (χ3v) is 6.77. The molecule has 0 bridgehead atoms. The lowest BCUT2D eigenvalue weighted by molar-refractivity contribution is -0.133. The molecule has 2 aliphatic rings. The molecule has 33 heavy (non-hydrogen) atoms. The van der Waals surface area contributed by atoms with Gasteiger partial charge in [0.2, 0.25) is 0 Å². The zero-order chi connectivity index (χ0) is 23.8. The van der Waals surface area contributed by atoms with Crippen LogP contribution >= 0.6 is 0 Å². The van der Waals surface area contributed by atoms with Crippen molar-refractivity contribution in [3.8, 4) is 11.5 Å². The normalized spacial score (nSPS) is 21.3. The number of carbonyl (C=O) groups is 3. The van der Waals surface area contributed by atoms with Crippen molar-refractivity contribution >= 4 is 17.8 Å². The first-order valence-corrected chi connectivity index (χ1v) is 11.0. The highest BCUT2D eigenvalue weighted by molar-refractivity contribution is 6.07. The minimum absolute atomic E-state index is 0.0791. The highest BCUT2D eigenvalue weighted by Gasteiger charge is 2.53. The molecular formula is C24H29N3O6. The maximum Gasteiger partial charge on any atom is 0.325 e. The van der Waals surface area contributed by atoms with E-state index in [1.165, 1.54) is 25.4 Å². The summed E-state index contributed by atoms with van der Waals surface area (Å²) in [5, 5.41) is 2.91. The fourth-order valence-electron chi connectivity index (χ4n) is 4.78. The van der Waals surface area contributed by atoms with Crippen LogP contribution in [0.25, 0.3) is 0 Å². The molecule has 0 aliphatic carbocycles. The predicted molar refractivity (Wildman–Crippen MR) is 119 cm³/mol. The number of nitrogens with one attached hydrogen (secondary N) is 1. The Hall–Kier alpha value is -3.49. The molecule has 4 amide bonds. The van der Waals surface area contributed by atoms with Crippen molar-refractivity contribution in [3.63, 3.8) is 0 Å². The van der Waals surface area contributed by atoms with Crippen LogP contribution in [0.3, 0.4) is 0 Å². The van der Waals surface area contributed by atoms with E-state index in [0.29, 0.717) is 48.8 Å². The summed E-state index contributed by atoms with van der Waals surface area (Å²) in [6, 6.07) is 6.69. The summed E-state index contributed by atoms with van der Waals surface area (Å²) in [6.45, 7) is 4.67. The molecule has 1 aromatic heterocycles. The molecule has 9 nitrogen and oxygen atoms in total. The summed E-state index contributed by atoms with van der Waals surface area (Å²) in [6.07, 6.45) is 2.71. The number of furan rings is 1. The van der Waals surface area contributed by atoms with Crippen LogP contribution in [-0.2, 0) is 11.3 Å². The topological polar surface area (TPSA) is 101 Å². The van der Waals surface area contributed by atoms with E-state index in [4.69, 9.17) is 13.9 Å². The molecule has 9 heteroatoms. The van der Waals surface area contributed by atoms with E-state index >= 15 is 0 Å². The standard InChI is InChI=1S/C24H29N3O6/c1-15-10-13-33-19(15)21(28)26-11-8-17(9-12-26)24(2)22(29)27(23(30)25-24)14-16-6-5-7-18(31-3)20(16)32-4/h5-7,10,13,17H,8-9,11-12,14H2,1-4H3,(H,25,30). The molecule has 0 spiro atoms. The lowest BCUT2D eigenvalue weighted by Crippen LogP contribution is -2.54. The number of aryl methyl sites for hydroxylation is 1. The van der Waals surface area contributed by atoms with Gasteiger partial charge < -0.3 is 24.1 Å². The van der Waals surface area contributed by atoms with E-state index in [1.807, 2.05) is 6.92 Å². The number of piperidine rings is 1. The fourth-order valence-corrected chi connectivity index (χ4v) is 4.78. The second-order valence-corrected chi connectivity index (χ2v) is 8.68. The summed E-state index contributed by atoms with van der Waals surface area (Å²) in [4.78, 5) is 41.9. The van der Waals surface area contributed by atoms with Gasteiger partial charge in [-0.15, -0.1) is 0 Å². The van der Waals surface area contributed by atoms with Crippen LogP contribution in [0.4, 0.5) is 4.79 Å². The second-order valence-electron chi connectivity index (χ2n) is 8.68. The van der Waals surface area contributed by atoms with Crippen LogP contribution in [0.2, 0.25) is 0 Å². The summed E-state index contributed by atoms with van der Waals surface area (Å²) in [7, 11) is 3.06. The van der Waals surface area contributed by atoms with E-state index in [0.717, 1.165) is 5.56 Å². The maximum absolute atomic E-state index is 13.4. The van der Waals surface area contributed by atoms with Crippen molar-refractivity contribution in [2.75, 3.05) is 27.3 Å². The number of para-hydroxylation sites is 1. The summed E-state index contributed by atoms with van der Waals surface area (Å²) in [5.41, 5.74) is 0.452. The molecule has 1 atom stereocenters. The summed E-state index contributed by atoms with van der Waals surface area (Å²) < 4.78 is 16.1. The van der Waals surface area contributed by atoms with Crippen molar-refractivity contribution in [2.45, 2.75) is 38.8 Å². The van der Waals surface area contributed by atoms with Gasteiger partial charge in [0.1, 0.15) is 5.54 Å². The smallest absolute Gasteiger partial charge is 0.325 e. The number of urea groups is 1. The second kappa shape index (κ2) is 8.80. The summed E-state index contributed by atoms with van der Waals surface area (Å²) >= 11 is 0. The molecule has 0 radical (unpaired) electrons. The zero-order valence-electron chi connectivity index (χ0n) is 19.3. The van der Waals surface area contributed by atoms with Crippen molar-refractivity contribution in [3.05, 3.63) is 47.4 Å². The molecule has 1 N–H and O–H groups in total. The van der Waals surface area contributed by atoms with Gasteiger partial charge in [-0.05, 0) is 44.7 Å². The van der Waals surface area contributed by atoms with Crippen LogP contribution in [0, 0.1) is 12.8 Å². The molecule has 176 valence electrons. The molecule has 4 rings (SSSR count). The van der Waals surface area contributed by atoms with E-state index in [9.17, 15) is 14.4 Å². The Morgan fingerprint density at radius 1 is 1.18 bits per heavy atom. The van der Waals surface area contributed by atoms with Crippen molar-refractivity contribution < 1.29 is 28.3 Å². The van der Waals surface area contributed by atoms with Crippen LogP contribution in [0.1, 0.15) is 41.4 Å². The molecule has 3 heterocycles. The molecule has 2 saturated heterocycles. The van der Waals surface area contributed by atoms with Gasteiger partial charge >= 0.3 is 6.03 Å². The van der Waals surface area contributed by atoms with Crippen LogP contribution in [0.5, 0.6) is 11.5 Å². The Balaban J connectivity index is 1.46. The number of hydrogen-bond donors (Lipinski definition) is 1. The molecule has 2 aliphatic heterocycles. The van der Waals surface area contributed by atoms with Crippen molar-refractivity contribution in [1.82, 2.24) is 15.1 Å². The Morgan fingerprint density at radius 3 is 2.52 bits per heavy atom. The first-order valence-electron chi connectivity index (χ1n) is 11.0. The molecule has 1 unspecified atom stereocenters. The first kappa shape index (κ1) is 22.7. The highest BCUT2D eigenvalue weighted by Crippen LogP contribution is 2.36. The number of benzene rings is 1. The van der Waals surface area contributed by atoms with Crippen LogP contribution in [0.15, 0.2) is 34.9 Å². The molecule has 2 aromatic rings. The van der Waals surface area contributed by atoms with Crippen LogP contribution < -0.4 is 14.8 Å². The van der Waals surface area contributed by atoms with E-state index < -0.39 is 11.6 Å². The number of hydrogen-bond acceptors (Lipinski definition) is 6. The highest BCUT2D eigenvalue weighted by atomic mass is 16.5. The zero-order valence-corrected chi connectivity index (χ0v) is 19.3. The lowest BCUT2D eigenvalue weighted by Gasteiger charge is -2.38. The number of amides is 4. The first-order chi connectivity index (χ1) is 15.8. The number of rotatable bonds is 6. The van der Waals surface area contributed by atoms with Gasteiger partial charge in [0, 0.05) is 24.2 Å².